The van der Waals surface area contributed by atoms with Gasteiger partial charge in [-0.25, -0.2) is 4.68 Å². The molecule has 0 fully saturated rings. The summed E-state index contributed by atoms with van der Waals surface area (Å²) in [6.45, 7) is 11.3. The Morgan fingerprint density at radius 1 is 1.00 bits per heavy atom. The normalized spacial score (nSPS) is 11.9. The summed E-state index contributed by atoms with van der Waals surface area (Å²) in [6, 6.07) is 2.15. The van der Waals surface area contributed by atoms with Crippen molar-refractivity contribution in [1.29, 1.82) is 5.26 Å². The van der Waals surface area contributed by atoms with Crippen LogP contribution >= 0.6 is 0 Å². The second-order valence-electron chi connectivity index (χ2n) is 5.49. The fourth-order valence-electron chi connectivity index (χ4n) is 2.43. The predicted molar refractivity (Wildman–Crippen MR) is 88.2 cm³/mol. The lowest BCUT2D eigenvalue weighted by atomic mass is 10.0. The molecule has 2 aromatic heterocycles. The third-order valence-electron chi connectivity index (χ3n) is 4.16. The van der Waals surface area contributed by atoms with Gasteiger partial charge in [0.2, 0.25) is 0 Å². The molecule has 0 aromatic carbocycles. The largest absolute Gasteiger partial charge is 0.565 e. The van der Waals surface area contributed by atoms with Gasteiger partial charge in [-0.3, -0.25) is 0 Å². The van der Waals surface area contributed by atoms with Crippen LogP contribution in [0.2, 0.25) is 0 Å². The van der Waals surface area contributed by atoms with E-state index in [0.717, 1.165) is 28.2 Å². The average molecular weight is 307 g/mol. The zero-order valence-electron chi connectivity index (χ0n) is 14.2. The van der Waals surface area contributed by atoms with Crippen molar-refractivity contribution in [2.24, 2.45) is 0 Å². The van der Waals surface area contributed by atoms with Gasteiger partial charge in [-0.2, -0.15) is 20.6 Å². The topological polar surface area (TPSA) is 76.6 Å². The Bertz CT molecular complexity index is 845. The Balaban J connectivity index is 2.85. The Labute approximate surface area is 137 Å². The fourth-order valence-corrected chi connectivity index (χ4v) is 2.43. The minimum Gasteiger partial charge on any atom is -0.565 e. The number of aromatic nitrogens is 4. The molecule has 0 atom stereocenters. The van der Waals surface area contributed by atoms with Crippen LogP contribution < -0.4 is 0 Å². The predicted octanol–water partition coefficient (Wildman–Crippen LogP) is 2.47. The van der Waals surface area contributed by atoms with E-state index in [-0.39, 0.29) is 11.5 Å². The second kappa shape index (κ2) is 6.25. The number of hydrogen-bond donors (Lipinski definition) is 0. The lowest BCUT2D eigenvalue weighted by molar-refractivity contribution is 0.566. The minimum atomic E-state index is 0.222. The van der Waals surface area contributed by atoms with Crippen LogP contribution in [-0.4, -0.2) is 28.0 Å². The maximum Gasteiger partial charge on any atom is 0.374 e. The molecule has 2 aromatic rings. The number of nitriles is 1. The van der Waals surface area contributed by atoms with E-state index in [1.165, 1.54) is 0 Å². The summed E-state index contributed by atoms with van der Waals surface area (Å²) in [4.78, 5) is 0. The van der Waals surface area contributed by atoms with E-state index in [4.69, 9.17) is 12.7 Å². The Hall–Kier alpha value is -2.62. The summed E-state index contributed by atoms with van der Waals surface area (Å²) in [5, 5.41) is 22.3. The highest BCUT2D eigenvalue weighted by Crippen LogP contribution is 2.29. The van der Waals surface area contributed by atoms with Gasteiger partial charge < -0.3 is 4.65 Å². The summed E-state index contributed by atoms with van der Waals surface area (Å²) in [5.74, 6) is 0.242. The van der Waals surface area contributed by atoms with Gasteiger partial charge in [0.05, 0.1) is 17.1 Å². The molecule has 0 aliphatic heterocycles. The summed E-state index contributed by atoms with van der Waals surface area (Å²) in [6.07, 6.45) is 0. The molecule has 0 amide bonds. The zero-order chi connectivity index (χ0) is 17.3. The first-order valence-electron chi connectivity index (χ1n) is 7.18. The molecule has 6 nitrogen and oxygen atoms in total. The van der Waals surface area contributed by atoms with Gasteiger partial charge in [0.15, 0.2) is 5.70 Å². The Morgan fingerprint density at radius 2 is 1.61 bits per heavy atom. The standard InChI is InChI=1S/C16H18BN5O/c1-8-11(4)21-22(13(8)6)14(7-18)16(23-17)15-9(2)10(3)19-20-12(15)5/h1-6H3. The molecule has 23 heavy (non-hydrogen) atoms. The molecule has 2 rings (SSSR count). The Morgan fingerprint density at radius 3 is 2.09 bits per heavy atom. The maximum absolute atomic E-state index is 9.68. The summed E-state index contributed by atoms with van der Waals surface area (Å²) in [7, 11) is 5.50. The molecule has 0 aliphatic rings. The number of aryl methyl sites for hydroxylation is 3. The van der Waals surface area contributed by atoms with E-state index in [0.29, 0.717) is 11.3 Å². The van der Waals surface area contributed by atoms with Crippen LogP contribution in [0.4, 0.5) is 0 Å². The van der Waals surface area contributed by atoms with Crippen LogP contribution in [0.15, 0.2) is 0 Å². The van der Waals surface area contributed by atoms with Crippen molar-refractivity contribution in [2.75, 3.05) is 0 Å². The first-order valence-corrected chi connectivity index (χ1v) is 7.18. The molecular weight excluding hydrogens is 289 g/mol. The molecule has 2 heterocycles. The van der Waals surface area contributed by atoms with Crippen molar-refractivity contribution >= 4 is 19.5 Å². The van der Waals surface area contributed by atoms with Crippen LogP contribution in [0.1, 0.15) is 39.5 Å². The minimum absolute atomic E-state index is 0.222. The molecule has 0 spiro atoms. The lowest BCUT2D eigenvalue weighted by Gasteiger charge is -2.16. The van der Waals surface area contributed by atoms with Crippen LogP contribution in [0, 0.1) is 52.9 Å². The highest BCUT2D eigenvalue weighted by molar-refractivity contribution is 6.05. The van der Waals surface area contributed by atoms with E-state index in [1.54, 1.807) is 11.6 Å². The van der Waals surface area contributed by atoms with Gasteiger partial charge in [-0.15, -0.1) is 0 Å². The van der Waals surface area contributed by atoms with E-state index in [9.17, 15) is 5.26 Å². The smallest absolute Gasteiger partial charge is 0.374 e. The molecule has 0 bridgehead atoms. The van der Waals surface area contributed by atoms with Crippen molar-refractivity contribution < 1.29 is 4.65 Å². The van der Waals surface area contributed by atoms with E-state index in [1.807, 2.05) is 34.6 Å². The number of rotatable bonds is 3. The second-order valence-corrected chi connectivity index (χ2v) is 5.49. The summed E-state index contributed by atoms with van der Waals surface area (Å²) >= 11 is 0. The van der Waals surface area contributed by atoms with E-state index < -0.39 is 0 Å². The van der Waals surface area contributed by atoms with Crippen molar-refractivity contribution in [3.8, 4) is 6.07 Å². The van der Waals surface area contributed by atoms with Gasteiger partial charge in [-0.05, 0) is 52.7 Å². The monoisotopic (exact) mass is 307 g/mol. The highest BCUT2D eigenvalue weighted by atomic mass is 16.4. The van der Waals surface area contributed by atoms with Crippen LogP contribution in [0.25, 0.3) is 11.5 Å². The lowest BCUT2D eigenvalue weighted by Crippen LogP contribution is -2.09. The first-order chi connectivity index (χ1) is 10.8. The number of nitrogens with zero attached hydrogens (tertiary/aromatic N) is 5. The molecule has 0 aliphatic carbocycles. The summed E-state index contributed by atoms with van der Waals surface area (Å²) < 4.78 is 6.65. The van der Waals surface area contributed by atoms with Crippen molar-refractivity contribution in [1.82, 2.24) is 20.0 Å². The van der Waals surface area contributed by atoms with Gasteiger partial charge in [0.1, 0.15) is 11.8 Å². The van der Waals surface area contributed by atoms with Crippen molar-refractivity contribution in [3.63, 3.8) is 0 Å². The van der Waals surface area contributed by atoms with Gasteiger partial charge in [0, 0.05) is 11.3 Å². The maximum atomic E-state index is 9.68. The highest BCUT2D eigenvalue weighted by Gasteiger charge is 2.21. The van der Waals surface area contributed by atoms with Crippen LogP contribution in [0.5, 0.6) is 0 Å². The zero-order valence-corrected chi connectivity index (χ0v) is 14.2. The summed E-state index contributed by atoms with van der Waals surface area (Å²) in [5.41, 5.74) is 5.88. The fraction of sp³-hybridized carbons (Fsp3) is 0.375. The molecule has 7 heteroatoms. The number of hydrogen-bond acceptors (Lipinski definition) is 5. The molecule has 0 unspecified atom stereocenters. The molecule has 0 saturated carbocycles. The van der Waals surface area contributed by atoms with Gasteiger partial charge in [0.25, 0.3) is 0 Å². The molecule has 0 saturated heterocycles. The van der Waals surface area contributed by atoms with Crippen LogP contribution in [0.3, 0.4) is 0 Å². The third-order valence-corrected chi connectivity index (χ3v) is 4.16. The van der Waals surface area contributed by atoms with Crippen molar-refractivity contribution in [3.05, 3.63) is 39.5 Å². The van der Waals surface area contributed by atoms with Gasteiger partial charge >= 0.3 is 8.05 Å². The number of allylic oxidation sites excluding steroid dienone is 1. The molecule has 116 valence electrons. The molecular formula is C16H18BN5O. The average Bonchev–Trinajstić information content (AvgIpc) is 2.78. The molecule has 2 radical (unpaired) electrons. The molecule has 0 N–H and O–H groups in total. The Kier molecular flexibility index (Phi) is 4.55. The SMILES string of the molecule is [B]OC(=C(C#N)n1nc(C)c(C)c1C)c1c(C)nnc(C)c1C. The first kappa shape index (κ1) is 16.8. The van der Waals surface area contributed by atoms with E-state index >= 15 is 0 Å². The quantitative estimate of drug-likeness (QED) is 0.494. The van der Waals surface area contributed by atoms with Gasteiger partial charge in [-0.1, -0.05) is 0 Å². The van der Waals surface area contributed by atoms with Crippen LogP contribution in [-0.2, 0) is 4.65 Å². The third kappa shape index (κ3) is 2.72. The van der Waals surface area contributed by atoms with E-state index in [2.05, 4.69) is 21.4 Å². The van der Waals surface area contributed by atoms with Crippen molar-refractivity contribution in [2.45, 2.75) is 41.5 Å².